The van der Waals surface area contributed by atoms with E-state index in [0.29, 0.717) is 13.2 Å². The first kappa shape index (κ1) is 14.8. The molecule has 0 rings (SSSR count). The van der Waals surface area contributed by atoms with Crippen molar-refractivity contribution in [1.82, 2.24) is 0 Å². The molecule has 0 saturated carbocycles. The molecule has 0 radical (unpaired) electrons. The Morgan fingerprint density at radius 3 is 1.80 bits per heavy atom. The van der Waals surface area contributed by atoms with Crippen LogP contribution < -0.4 is 0 Å². The molecule has 3 nitrogen and oxygen atoms in total. The zero-order chi connectivity index (χ0) is 11.9. The highest BCUT2D eigenvalue weighted by Crippen LogP contribution is 2.20. The van der Waals surface area contributed by atoms with Crippen molar-refractivity contribution >= 4 is 8.80 Å². The summed E-state index contributed by atoms with van der Waals surface area (Å²) >= 11 is 0. The van der Waals surface area contributed by atoms with Crippen molar-refractivity contribution in [3.05, 3.63) is 11.8 Å². The van der Waals surface area contributed by atoms with Crippen LogP contribution in [0, 0.1) is 0 Å². The second kappa shape index (κ2) is 6.43. The monoisotopic (exact) mass is 232 g/mol. The van der Waals surface area contributed by atoms with E-state index in [0.717, 1.165) is 0 Å². The summed E-state index contributed by atoms with van der Waals surface area (Å²) < 4.78 is 17.3. The highest BCUT2D eigenvalue weighted by Gasteiger charge is 2.41. The fourth-order valence-corrected chi connectivity index (χ4v) is 3.79. The van der Waals surface area contributed by atoms with Crippen LogP contribution in [0.3, 0.4) is 0 Å². The first-order valence-corrected chi connectivity index (χ1v) is 7.31. The van der Waals surface area contributed by atoms with Crippen molar-refractivity contribution in [3.63, 3.8) is 0 Å². The summed E-state index contributed by atoms with van der Waals surface area (Å²) in [6.07, 6.45) is 1.93. The highest BCUT2D eigenvalue weighted by atomic mass is 28.4. The third-order valence-corrected chi connectivity index (χ3v) is 4.53. The zero-order valence-electron chi connectivity index (χ0n) is 10.8. The molecular weight excluding hydrogens is 208 g/mol. The summed E-state index contributed by atoms with van der Waals surface area (Å²) in [4.78, 5) is 0. The van der Waals surface area contributed by atoms with E-state index in [4.69, 9.17) is 13.3 Å². The molecule has 0 saturated heterocycles. The molecule has 0 aliphatic rings. The van der Waals surface area contributed by atoms with Crippen molar-refractivity contribution in [2.24, 2.45) is 0 Å². The maximum absolute atomic E-state index is 5.95. The Morgan fingerprint density at radius 2 is 1.53 bits per heavy atom. The summed E-state index contributed by atoms with van der Waals surface area (Å²) in [5, 5.41) is 0. The van der Waals surface area contributed by atoms with Crippen LogP contribution in [-0.2, 0) is 13.3 Å². The van der Waals surface area contributed by atoms with Gasteiger partial charge < -0.3 is 13.3 Å². The fourth-order valence-electron chi connectivity index (χ4n) is 1.26. The maximum Gasteiger partial charge on any atom is 0.529 e. The van der Waals surface area contributed by atoms with Crippen molar-refractivity contribution in [1.29, 1.82) is 0 Å². The van der Waals surface area contributed by atoms with E-state index >= 15 is 0 Å². The van der Waals surface area contributed by atoms with Gasteiger partial charge in [0.2, 0.25) is 0 Å². The van der Waals surface area contributed by atoms with Gasteiger partial charge in [0, 0.05) is 13.2 Å². The van der Waals surface area contributed by atoms with Gasteiger partial charge in [-0.3, -0.25) is 0 Å². The van der Waals surface area contributed by atoms with E-state index in [-0.39, 0.29) is 5.60 Å². The Morgan fingerprint density at radius 1 is 1.07 bits per heavy atom. The molecule has 15 heavy (non-hydrogen) atoms. The Balaban J connectivity index is 4.76. The van der Waals surface area contributed by atoms with Crippen molar-refractivity contribution in [2.45, 2.75) is 47.1 Å². The topological polar surface area (TPSA) is 27.7 Å². The molecule has 4 heteroatoms. The third kappa shape index (κ3) is 6.09. The molecular formula is C11H24O3Si. The van der Waals surface area contributed by atoms with Crippen molar-refractivity contribution in [3.8, 4) is 0 Å². The molecule has 0 heterocycles. The summed E-state index contributed by atoms with van der Waals surface area (Å²) in [5.74, 6) is 0. The van der Waals surface area contributed by atoms with Crippen LogP contribution in [0.25, 0.3) is 0 Å². The molecule has 0 aromatic carbocycles. The van der Waals surface area contributed by atoms with E-state index in [2.05, 4.69) is 0 Å². The maximum atomic E-state index is 5.95. The lowest BCUT2D eigenvalue weighted by molar-refractivity contribution is 0.00917. The molecule has 0 aliphatic heterocycles. The van der Waals surface area contributed by atoms with Gasteiger partial charge >= 0.3 is 8.80 Å². The highest BCUT2D eigenvalue weighted by molar-refractivity contribution is 6.66. The Hall–Kier alpha value is -0.163. The van der Waals surface area contributed by atoms with Crippen LogP contribution in [0.4, 0.5) is 0 Å². The SMILES string of the molecule is CC=C[Si](OCC)(OCC)OC(C)(C)C. The minimum absolute atomic E-state index is 0.254. The molecule has 90 valence electrons. The van der Waals surface area contributed by atoms with Crippen LogP contribution >= 0.6 is 0 Å². The predicted octanol–water partition coefficient (Wildman–Crippen LogP) is 2.93. The van der Waals surface area contributed by atoms with E-state index in [1.54, 1.807) is 0 Å². The summed E-state index contributed by atoms with van der Waals surface area (Å²) in [5.41, 5.74) is 1.68. The second-order valence-corrected chi connectivity index (χ2v) is 6.51. The average Bonchev–Trinajstić information content (AvgIpc) is 2.01. The number of hydrogen-bond donors (Lipinski definition) is 0. The lowest BCUT2D eigenvalue weighted by Crippen LogP contribution is -2.49. The van der Waals surface area contributed by atoms with E-state index in [9.17, 15) is 0 Å². The van der Waals surface area contributed by atoms with E-state index in [1.807, 2.05) is 53.3 Å². The average molecular weight is 232 g/mol. The number of hydrogen-bond acceptors (Lipinski definition) is 3. The molecule has 0 amide bonds. The summed E-state index contributed by atoms with van der Waals surface area (Å²) in [7, 11) is -2.61. The first-order valence-electron chi connectivity index (χ1n) is 5.51. The van der Waals surface area contributed by atoms with Crippen molar-refractivity contribution < 1.29 is 13.3 Å². The zero-order valence-corrected chi connectivity index (χ0v) is 11.8. The van der Waals surface area contributed by atoms with Gasteiger partial charge in [-0.15, -0.1) is 0 Å². The molecule has 0 N–H and O–H groups in total. The summed E-state index contributed by atoms with van der Waals surface area (Å²) in [6.45, 7) is 13.1. The Kier molecular flexibility index (Phi) is 6.36. The minimum Gasteiger partial charge on any atom is -0.371 e. The quantitative estimate of drug-likeness (QED) is 0.659. The van der Waals surface area contributed by atoms with E-state index < -0.39 is 8.80 Å². The van der Waals surface area contributed by atoms with Crippen LogP contribution in [0.1, 0.15) is 41.5 Å². The van der Waals surface area contributed by atoms with Crippen LogP contribution in [0.5, 0.6) is 0 Å². The van der Waals surface area contributed by atoms with Crippen LogP contribution in [0.2, 0.25) is 0 Å². The van der Waals surface area contributed by atoms with Gasteiger partial charge in [0.25, 0.3) is 0 Å². The Labute approximate surface area is 94.8 Å². The fraction of sp³-hybridized carbons (Fsp3) is 0.818. The molecule has 0 unspecified atom stereocenters. The number of rotatable bonds is 6. The van der Waals surface area contributed by atoms with Crippen LogP contribution in [0.15, 0.2) is 11.8 Å². The molecule has 0 bridgehead atoms. The molecule has 0 aromatic heterocycles. The molecule has 0 spiro atoms. The van der Waals surface area contributed by atoms with Gasteiger partial charge in [-0.2, -0.15) is 0 Å². The normalized spacial score (nSPS) is 13.7. The Bertz CT molecular complexity index is 190. The van der Waals surface area contributed by atoms with Gasteiger partial charge in [0.15, 0.2) is 0 Å². The number of allylic oxidation sites excluding steroid dienone is 1. The van der Waals surface area contributed by atoms with Crippen molar-refractivity contribution in [2.75, 3.05) is 13.2 Å². The largest absolute Gasteiger partial charge is 0.529 e. The third-order valence-electron chi connectivity index (χ3n) is 1.51. The van der Waals surface area contributed by atoms with Crippen LogP contribution in [-0.4, -0.2) is 27.6 Å². The van der Waals surface area contributed by atoms with E-state index in [1.165, 1.54) is 0 Å². The first-order chi connectivity index (χ1) is 6.89. The van der Waals surface area contributed by atoms with Gasteiger partial charge in [-0.25, -0.2) is 0 Å². The second-order valence-electron chi connectivity index (χ2n) is 4.18. The lowest BCUT2D eigenvalue weighted by atomic mass is 10.2. The molecule has 0 fully saturated rings. The predicted molar refractivity (Wildman–Crippen MR) is 64.7 cm³/mol. The summed E-state index contributed by atoms with van der Waals surface area (Å²) in [6, 6.07) is 0. The van der Waals surface area contributed by atoms with Gasteiger partial charge in [-0.1, -0.05) is 6.08 Å². The van der Waals surface area contributed by atoms with Gasteiger partial charge in [0.1, 0.15) is 0 Å². The van der Waals surface area contributed by atoms with Gasteiger partial charge in [-0.05, 0) is 47.2 Å². The van der Waals surface area contributed by atoms with Gasteiger partial charge in [0.05, 0.1) is 5.60 Å². The minimum atomic E-state index is -2.61. The standard InChI is InChI=1S/C11H24O3Si/c1-7-10-15(12-8-2,13-9-3)14-11(4,5)6/h7,10H,8-9H2,1-6H3. The molecule has 0 aromatic rings. The smallest absolute Gasteiger partial charge is 0.371 e. The lowest BCUT2D eigenvalue weighted by Gasteiger charge is -2.33. The molecule has 0 atom stereocenters. The molecule has 0 aliphatic carbocycles.